The molecular weight excluding hydrogens is 275 g/mol. The van der Waals surface area contributed by atoms with E-state index in [2.05, 4.69) is 4.98 Å². The van der Waals surface area contributed by atoms with Gasteiger partial charge in [-0.2, -0.15) is 0 Å². The number of amides is 1. The Kier molecular flexibility index (Phi) is 4.26. The summed E-state index contributed by atoms with van der Waals surface area (Å²) in [5.41, 5.74) is 0.997. The van der Waals surface area contributed by atoms with Crippen molar-refractivity contribution in [3.63, 3.8) is 0 Å². The first-order valence-corrected chi connectivity index (χ1v) is 6.69. The third-order valence-corrected chi connectivity index (χ3v) is 3.26. The lowest BCUT2D eigenvalue weighted by atomic mass is 10.2. The van der Waals surface area contributed by atoms with E-state index in [0.717, 1.165) is 0 Å². The van der Waals surface area contributed by atoms with E-state index in [9.17, 15) is 14.0 Å². The first-order valence-electron chi connectivity index (χ1n) is 6.69. The second-order valence-corrected chi connectivity index (χ2v) is 5.15. The molecule has 1 heterocycles. The molecule has 0 aliphatic heterocycles. The molecule has 1 amide bonds. The molecule has 0 saturated carbocycles. The van der Waals surface area contributed by atoms with Crippen molar-refractivity contribution in [2.24, 2.45) is 0 Å². The molecule has 0 saturated heterocycles. The molecular formula is C15H17FN2O3. The molecule has 2 rings (SSSR count). The minimum atomic E-state index is -0.952. The van der Waals surface area contributed by atoms with Crippen molar-refractivity contribution in [3.8, 4) is 0 Å². The lowest BCUT2D eigenvalue weighted by molar-refractivity contribution is -0.137. The summed E-state index contributed by atoms with van der Waals surface area (Å²) in [5.74, 6) is -1.61. The molecule has 5 nitrogen and oxygen atoms in total. The number of aromatic nitrogens is 1. The monoisotopic (exact) mass is 292 g/mol. The molecule has 0 aliphatic rings. The number of aromatic amines is 1. The van der Waals surface area contributed by atoms with Crippen molar-refractivity contribution in [1.82, 2.24) is 9.88 Å². The van der Waals surface area contributed by atoms with Crippen molar-refractivity contribution < 1.29 is 19.1 Å². The maximum atomic E-state index is 13.2. The van der Waals surface area contributed by atoms with Gasteiger partial charge in [0.2, 0.25) is 0 Å². The standard InChI is InChI=1S/C15H17FN2O3/c1-9(2)18(6-5-14(19)20)15(21)13-8-10-7-11(16)3-4-12(10)17-13/h3-4,7-9,17H,5-6H2,1-2H3,(H,19,20). The van der Waals surface area contributed by atoms with Crippen LogP contribution in [0.5, 0.6) is 0 Å². The Balaban J connectivity index is 2.27. The number of carboxylic acids is 1. The Labute approximate surface area is 121 Å². The zero-order valence-corrected chi connectivity index (χ0v) is 11.9. The fourth-order valence-corrected chi connectivity index (χ4v) is 2.18. The van der Waals surface area contributed by atoms with Crippen LogP contribution in [0.15, 0.2) is 24.3 Å². The molecule has 6 heteroatoms. The largest absolute Gasteiger partial charge is 0.481 e. The molecule has 2 aromatic rings. The summed E-state index contributed by atoms with van der Waals surface area (Å²) in [6.45, 7) is 3.78. The highest BCUT2D eigenvalue weighted by atomic mass is 19.1. The van der Waals surface area contributed by atoms with Crippen LogP contribution in [0.1, 0.15) is 30.8 Å². The van der Waals surface area contributed by atoms with Crippen LogP contribution in [0.3, 0.4) is 0 Å². The summed E-state index contributed by atoms with van der Waals surface area (Å²) in [7, 11) is 0. The second-order valence-electron chi connectivity index (χ2n) is 5.15. The number of halogens is 1. The summed E-state index contributed by atoms with van der Waals surface area (Å²) in [6, 6.07) is 5.69. The highest BCUT2D eigenvalue weighted by Crippen LogP contribution is 2.18. The normalized spacial score (nSPS) is 11.0. The minimum Gasteiger partial charge on any atom is -0.481 e. The van der Waals surface area contributed by atoms with Gasteiger partial charge < -0.3 is 15.0 Å². The predicted octanol–water partition coefficient (Wildman–Crippen LogP) is 2.63. The topological polar surface area (TPSA) is 73.4 Å². The average Bonchev–Trinajstić information content (AvgIpc) is 2.80. The quantitative estimate of drug-likeness (QED) is 0.889. The van der Waals surface area contributed by atoms with E-state index in [4.69, 9.17) is 5.11 Å². The number of H-pyrrole nitrogens is 1. The molecule has 1 aromatic heterocycles. The van der Waals surface area contributed by atoms with Gasteiger partial charge in [0.25, 0.3) is 5.91 Å². The van der Waals surface area contributed by atoms with Crippen molar-refractivity contribution in [1.29, 1.82) is 0 Å². The number of hydrogen-bond acceptors (Lipinski definition) is 2. The number of hydrogen-bond donors (Lipinski definition) is 2. The number of fused-ring (bicyclic) bond motifs is 1. The lowest BCUT2D eigenvalue weighted by Crippen LogP contribution is -2.38. The van der Waals surface area contributed by atoms with Gasteiger partial charge in [-0.25, -0.2) is 4.39 Å². The van der Waals surface area contributed by atoms with E-state index in [1.54, 1.807) is 12.1 Å². The Morgan fingerprint density at radius 3 is 2.67 bits per heavy atom. The maximum Gasteiger partial charge on any atom is 0.305 e. The molecule has 0 radical (unpaired) electrons. The smallest absolute Gasteiger partial charge is 0.305 e. The van der Waals surface area contributed by atoms with E-state index in [1.165, 1.54) is 17.0 Å². The number of carbonyl (C=O) groups is 2. The van der Waals surface area contributed by atoms with E-state index < -0.39 is 5.97 Å². The molecule has 0 atom stereocenters. The molecule has 0 unspecified atom stereocenters. The number of nitrogens with one attached hydrogen (secondary N) is 1. The zero-order valence-electron chi connectivity index (χ0n) is 11.9. The first-order chi connectivity index (χ1) is 9.88. The molecule has 0 bridgehead atoms. The molecule has 112 valence electrons. The van der Waals surface area contributed by atoms with Crippen LogP contribution in [0.4, 0.5) is 4.39 Å². The van der Waals surface area contributed by atoms with Gasteiger partial charge in [0.1, 0.15) is 11.5 Å². The number of aliphatic carboxylic acids is 1. The van der Waals surface area contributed by atoms with Gasteiger partial charge >= 0.3 is 5.97 Å². The third kappa shape index (κ3) is 3.39. The van der Waals surface area contributed by atoms with Gasteiger partial charge in [0.15, 0.2) is 0 Å². The Morgan fingerprint density at radius 2 is 2.05 bits per heavy atom. The SMILES string of the molecule is CC(C)N(CCC(=O)O)C(=O)c1cc2cc(F)ccc2[nH]1. The summed E-state index contributed by atoms with van der Waals surface area (Å²) < 4.78 is 13.2. The first kappa shape index (κ1) is 15.0. The van der Waals surface area contributed by atoms with Gasteiger partial charge in [-0.1, -0.05) is 0 Å². The van der Waals surface area contributed by atoms with Crippen LogP contribution in [0.25, 0.3) is 10.9 Å². The average molecular weight is 292 g/mol. The van der Waals surface area contributed by atoms with E-state index >= 15 is 0 Å². The Hall–Kier alpha value is -2.37. The van der Waals surface area contributed by atoms with Gasteiger partial charge in [0, 0.05) is 23.5 Å². The summed E-state index contributed by atoms with van der Waals surface area (Å²) in [4.78, 5) is 27.6. The Bertz CT molecular complexity index is 679. The fourth-order valence-electron chi connectivity index (χ4n) is 2.18. The van der Waals surface area contributed by atoms with E-state index in [-0.39, 0.29) is 30.7 Å². The van der Waals surface area contributed by atoms with Crippen LogP contribution >= 0.6 is 0 Å². The van der Waals surface area contributed by atoms with Crippen LogP contribution in [-0.2, 0) is 4.79 Å². The number of rotatable bonds is 5. The second kappa shape index (κ2) is 5.95. The van der Waals surface area contributed by atoms with Crippen molar-refractivity contribution >= 4 is 22.8 Å². The molecule has 2 N–H and O–H groups in total. The molecule has 1 aromatic carbocycles. The zero-order chi connectivity index (χ0) is 15.6. The van der Waals surface area contributed by atoms with Gasteiger partial charge in [-0.3, -0.25) is 9.59 Å². The molecule has 0 fully saturated rings. The maximum absolute atomic E-state index is 13.2. The Morgan fingerprint density at radius 1 is 1.33 bits per heavy atom. The van der Waals surface area contributed by atoms with Crippen LogP contribution in [-0.4, -0.2) is 39.5 Å². The molecule has 21 heavy (non-hydrogen) atoms. The van der Waals surface area contributed by atoms with Crippen molar-refractivity contribution in [3.05, 3.63) is 35.8 Å². The van der Waals surface area contributed by atoms with Crippen LogP contribution < -0.4 is 0 Å². The number of carboxylic acid groups (broad SMARTS) is 1. The fraction of sp³-hybridized carbons (Fsp3) is 0.333. The van der Waals surface area contributed by atoms with Crippen molar-refractivity contribution in [2.45, 2.75) is 26.3 Å². The lowest BCUT2D eigenvalue weighted by Gasteiger charge is -2.25. The summed E-state index contributed by atoms with van der Waals surface area (Å²) in [5, 5.41) is 9.37. The van der Waals surface area contributed by atoms with Gasteiger partial charge in [-0.15, -0.1) is 0 Å². The summed E-state index contributed by atoms with van der Waals surface area (Å²) >= 11 is 0. The number of nitrogens with zero attached hydrogens (tertiary/aromatic N) is 1. The molecule has 0 aliphatic carbocycles. The van der Waals surface area contributed by atoms with E-state index in [0.29, 0.717) is 16.6 Å². The van der Waals surface area contributed by atoms with Crippen molar-refractivity contribution in [2.75, 3.05) is 6.54 Å². The highest BCUT2D eigenvalue weighted by molar-refractivity contribution is 5.98. The van der Waals surface area contributed by atoms with E-state index in [1.807, 2.05) is 13.8 Å². The van der Waals surface area contributed by atoms with Crippen LogP contribution in [0, 0.1) is 5.82 Å². The number of benzene rings is 1. The molecule has 0 spiro atoms. The third-order valence-electron chi connectivity index (χ3n) is 3.26. The predicted molar refractivity (Wildman–Crippen MR) is 76.7 cm³/mol. The highest BCUT2D eigenvalue weighted by Gasteiger charge is 2.21. The number of carbonyl (C=O) groups excluding carboxylic acids is 1. The van der Waals surface area contributed by atoms with Crippen LogP contribution in [0.2, 0.25) is 0 Å². The minimum absolute atomic E-state index is 0.112. The van der Waals surface area contributed by atoms with Gasteiger partial charge in [0.05, 0.1) is 6.42 Å². The van der Waals surface area contributed by atoms with Gasteiger partial charge in [-0.05, 0) is 38.1 Å². The summed E-state index contributed by atoms with van der Waals surface area (Å²) in [6.07, 6.45) is -0.112.